The van der Waals surface area contributed by atoms with Gasteiger partial charge in [-0.1, -0.05) is 31.4 Å². The highest BCUT2D eigenvalue weighted by Gasteiger charge is 2.22. The first-order valence-electron chi connectivity index (χ1n) is 8.63. The van der Waals surface area contributed by atoms with Crippen LogP contribution in [0.5, 0.6) is 0 Å². The lowest BCUT2D eigenvalue weighted by Crippen LogP contribution is -2.26. The molecule has 0 bridgehead atoms. The zero-order valence-electron chi connectivity index (χ0n) is 12.7. The number of fused-ring (bicyclic) bond motifs is 1. The Morgan fingerprint density at radius 2 is 1.71 bits per heavy atom. The third-order valence-corrected chi connectivity index (χ3v) is 5.44. The van der Waals surface area contributed by atoms with Crippen LogP contribution in [0.15, 0.2) is 28.9 Å². The van der Waals surface area contributed by atoms with Gasteiger partial charge in [-0.3, -0.25) is 0 Å². The number of hydrogen-bond donors (Lipinski definition) is 1. The summed E-state index contributed by atoms with van der Waals surface area (Å²) in [6.45, 7) is 2.24. The molecular formula is C19H25NO. The molecule has 4 rings (SSSR count). The summed E-state index contributed by atoms with van der Waals surface area (Å²) in [6, 6.07) is 7.07. The Kier molecular flexibility index (Phi) is 3.72. The van der Waals surface area contributed by atoms with Crippen molar-refractivity contribution in [2.24, 2.45) is 0 Å². The Balaban J connectivity index is 1.63. The molecule has 2 fully saturated rings. The van der Waals surface area contributed by atoms with Crippen LogP contribution >= 0.6 is 0 Å². The molecule has 1 saturated carbocycles. The fraction of sp³-hybridized carbons (Fsp3) is 0.579. The minimum absolute atomic E-state index is 0.601. The molecule has 2 heterocycles. The molecule has 0 atom stereocenters. The summed E-state index contributed by atoms with van der Waals surface area (Å²) in [7, 11) is 0. The smallest absolute Gasteiger partial charge is 0.114 e. The molecule has 1 N–H and O–H groups in total. The first-order chi connectivity index (χ1) is 10.4. The third-order valence-electron chi connectivity index (χ3n) is 5.44. The van der Waals surface area contributed by atoms with E-state index in [1.165, 1.54) is 67.0 Å². The molecule has 1 aliphatic carbocycles. The molecule has 0 unspecified atom stereocenters. The first-order valence-corrected chi connectivity index (χ1v) is 8.63. The second-order valence-corrected chi connectivity index (χ2v) is 6.81. The lowest BCUT2D eigenvalue weighted by atomic mass is 9.83. The second-order valence-electron chi connectivity index (χ2n) is 6.81. The van der Waals surface area contributed by atoms with Gasteiger partial charge < -0.3 is 9.73 Å². The molecule has 112 valence electrons. The normalized spacial score (nSPS) is 21.9. The van der Waals surface area contributed by atoms with Crippen LogP contribution in [0.1, 0.15) is 68.1 Å². The molecule has 2 aromatic rings. The van der Waals surface area contributed by atoms with Crippen molar-refractivity contribution in [3.63, 3.8) is 0 Å². The van der Waals surface area contributed by atoms with E-state index in [-0.39, 0.29) is 0 Å². The predicted molar refractivity (Wildman–Crippen MR) is 86.9 cm³/mol. The van der Waals surface area contributed by atoms with Crippen LogP contribution in [0.3, 0.4) is 0 Å². The van der Waals surface area contributed by atoms with Gasteiger partial charge >= 0.3 is 0 Å². The van der Waals surface area contributed by atoms with Crippen molar-refractivity contribution in [2.75, 3.05) is 13.1 Å². The molecule has 0 spiro atoms. The zero-order chi connectivity index (χ0) is 14.1. The fourth-order valence-corrected chi connectivity index (χ4v) is 4.18. The molecule has 0 amide bonds. The standard InChI is InChI=1S/C19H25NO/c1-2-4-14(5-3-1)16-6-7-18-17(12-16)13-21-19(18)15-8-10-20-11-9-15/h6-7,12-15,20H,1-5,8-11H2. The van der Waals surface area contributed by atoms with Gasteiger partial charge in [0.05, 0.1) is 6.26 Å². The van der Waals surface area contributed by atoms with Gasteiger partial charge in [-0.05, 0) is 56.3 Å². The van der Waals surface area contributed by atoms with E-state index in [0.29, 0.717) is 5.92 Å². The number of hydrogen-bond acceptors (Lipinski definition) is 2. The third kappa shape index (κ3) is 2.62. The van der Waals surface area contributed by atoms with E-state index < -0.39 is 0 Å². The Labute approximate surface area is 126 Å². The summed E-state index contributed by atoms with van der Waals surface area (Å²) in [6.07, 6.45) is 11.3. The average Bonchev–Trinajstić information content (AvgIpc) is 2.99. The van der Waals surface area contributed by atoms with Crippen LogP contribution in [-0.4, -0.2) is 13.1 Å². The molecule has 2 aliphatic rings. The van der Waals surface area contributed by atoms with Crippen LogP contribution in [0.25, 0.3) is 10.8 Å². The van der Waals surface area contributed by atoms with Crippen molar-refractivity contribution in [1.82, 2.24) is 5.32 Å². The highest BCUT2D eigenvalue weighted by Crippen LogP contribution is 2.37. The van der Waals surface area contributed by atoms with E-state index in [4.69, 9.17) is 4.42 Å². The Hall–Kier alpha value is -1.28. The molecule has 1 aliphatic heterocycles. The molecule has 1 saturated heterocycles. The van der Waals surface area contributed by atoms with E-state index >= 15 is 0 Å². The van der Waals surface area contributed by atoms with Crippen molar-refractivity contribution >= 4 is 10.8 Å². The van der Waals surface area contributed by atoms with Crippen LogP contribution in [0.2, 0.25) is 0 Å². The van der Waals surface area contributed by atoms with E-state index in [1.54, 1.807) is 0 Å². The summed E-state index contributed by atoms with van der Waals surface area (Å²) in [5.74, 6) is 2.60. The van der Waals surface area contributed by atoms with E-state index in [0.717, 1.165) is 19.0 Å². The number of piperidine rings is 1. The van der Waals surface area contributed by atoms with Gasteiger partial charge in [0.1, 0.15) is 5.76 Å². The summed E-state index contributed by atoms with van der Waals surface area (Å²) < 4.78 is 5.97. The Morgan fingerprint density at radius 3 is 2.52 bits per heavy atom. The largest absolute Gasteiger partial charge is 0.468 e. The minimum atomic E-state index is 0.601. The summed E-state index contributed by atoms with van der Waals surface area (Å²) in [5, 5.41) is 6.10. The van der Waals surface area contributed by atoms with E-state index in [2.05, 4.69) is 23.5 Å². The van der Waals surface area contributed by atoms with E-state index in [9.17, 15) is 0 Å². The lowest BCUT2D eigenvalue weighted by molar-refractivity contribution is 0.389. The van der Waals surface area contributed by atoms with Gasteiger partial charge in [0, 0.05) is 16.7 Å². The molecule has 2 heteroatoms. The molecular weight excluding hydrogens is 258 g/mol. The molecule has 1 aromatic carbocycles. The monoisotopic (exact) mass is 283 g/mol. The molecule has 21 heavy (non-hydrogen) atoms. The van der Waals surface area contributed by atoms with Crippen molar-refractivity contribution in [3.8, 4) is 0 Å². The zero-order valence-corrected chi connectivity index (χ0v) is 12.7. The number of rotatable bonds is 2. The van der Waals surface area contributed by atoms with Gasteiger partial charge in [0.2, 0.25) is 0 Å². The summed E-state index contributed by atoms with van der Waals surface area (Å²) in [5.41, 5.74) is 1.53. The maximum atomic E-state index is 5.97. The molecule has 0 radical (unpaired) electrons. The van der Waals surface area contributed by atoms with Gasteiger partial charge in [-0.15, -0.1) is 0 Å². The fourth-order valence-electron chi connectivity index (χ4n) is 4.18. The Bertz CT molecular complexity index is 603. The maximum Gasteiger partial charge on any atom is 0.114 e. The Morgan fingerprint density at radius 1 is 0.905 bits per heavy atom. The molecule has 1 aromatic heterocycles. The lowest BCUT2D eigenvalue weighted by Gasteiger charge is -2.22. The molecule has 2 nitrogen and oxygen atoms in total. The topological polar surface area (TPSA) is 25.2 Å². The first kappa shape index (κ1) is 13.4. The van der Waals surface area contributed by atoms with Crippen LogP contribution in [-0.2, 0) is 0 Å². The SMILES string of the molecule is c1cc2c(C3CCNCC3)occ2cc1C1CCCCC1. The van der Waals surface area contributed by atoms with Crippen LogP contribution in [0.4, 0.5) is 0 Å². The van der Waals surface area contributed by atoms with Gasteiger partial charge in [-0.25, -0.2) is 0 Å². The van der Waals surface area contributed by atoms with Crippen molar-refractivity contribution in [3.05, 3.63) is 35.8 Å². The van der Waals surface area contributed by atoms with Gasteiger partial charge in [0.15, 0.2) is 0 Å². The van der Waals surface area contributed by atoms with Gasteiger partial charge in [0.25, 0.3) is 0 Å². The number of benzene rings is 1. The van der Waals surface area contributed by atoms with Gasteiger partial charge in [-0.2, -0.15) is 0 Å². The highest BCUT2D eigenvalue weighted by molar-refractivity contribution is 5.85. The summed E-state index contributed by atoms with van der Waals surface area (Å²) >= 11 is 0. The second kappa shape index (κ2) is 5.84. The van der Waals surface area contributed by atoms with Crippen molar-refractivity contribution in [2.45, 2.75) is 56.8 Å². The predicted octanol–water partition coefficient (Wildman–Crippen LogP) is 4.95. The van der Waals surface area contributed by atoms with Crippen LogP contribution in [0, 0.1) is 0 Å². The maximum absolute atomic E-state index is 5.97. The highest BCUT2D eigenvalue weighted by atomic mass is 16.3. The van der Waals surface area contributed by atoms with E-state index in [1.807, 2.05) is 6.26 Å². The van der Waals surface area contributed by atoms with Crippen molar-refractivity contribution in [1.29, 1.82) is 0 Å². The number of furan rings is 1. The van der Waals surface area contributed by atoms with Crippen molar-refractivity contribution < 1.29 is 4.42 Å². The van der Waals surface area contributed by atoms with Crippen LogP contribution < -0.4 is 5.32 Å². The quantitative estimate of drug-likeness (QED) is 0.843. The minimum Gasteiger partial charge on any atom is -0.468 e. The summed E-state index contributed by atoms with van der Waals surface area (Å²) in [4.78, 5) is 0. The number of nitrogens with one attached hydrogen (secondary N) is 1. The average molecular weight is 283 g/mol.